The Morgan fingerprint density at radius 1 is 1.67 bits per heavy atom. The van der Waals surface area contributed by atoms with Crippen molar-refractivity contribution in [2.45, 2.75) is 25.3 Å². The summed E-state index contributed by atoms with van der Waals surface area (Å²) in [6.45, 7) is -0.0472. The van der Waals surface area contributed by atoms with Crippen LogP contribution in [0.25, 0.3) is 0 Å². The van der Waals surface area contributed by atoms with Gasteiger partial charge in [0.1, 0.15) is 6.61 Å². The van der Waals surface area contributed by atoms with Crippen molar-refractivity contribution in [3.63, 3.8) is 0 Å². The average molecular weight is 178 g/mol. The molecular weight excluding hydrogens is 168 g/mol. The molecule has 0 aromatic carbocycles. The van der Waals surface area contributed by atoms with Gasteiger partial charge in [0.25, 0.3) is 5.92 Å². The van der Waals surface area contributed by atoms with Crippen molar-refractivity contribution in [3.05, 3.63) is 0 Å². The van der Waals surface area contributed by atoms with Gasteiger partial charge in [0.15, 0.2) is 0 Å². The maximum atomic E-state index is 12.7. The first kappa shape index (κ1) is 9.38. The Morgan fingerprint density at radius 2 is 2.25 bits per heavy atom. The molecule has 1 atom stereocenters. The number of rotatable bonds is 1. The zero-order valence-corrected chi connectivity index (χ0v) is 6.72. The lowest BCUT2D eigenvalue weighted by molar-refractivity contribution is -0.131. The highest BCUT2D eigenvalue weighted by atomic mass is 19.3. The van der Waals surface area contributed by atoms with E-state index in [0.29, 0.717) is 0 Å². The van der Waals surface area contributed by atoms with E-state index in [1.807, 2.05) is 0 Å². The van der Waals surface area contributed by atoms with Crippen LogP contribution in [0.5, 0.6) is 0 Å². The van der Waals surface area contributed by atoms with Crippen molar-refractivity contribution >= 4 is 5.91 Å². The van der Waals surface area contributed by atoms with E-state index in [1.165, 1.54) is 6.92 Å². The predicted molar refractivity (Wildman–Crippen MR) is 36.3 cm³/mol. The third kappa shape index (κ3) is 1.72. The summed E-state index contributed by atoms with van der Waals surface area (Å²) in [5, 5.41) is 10.4. The highest BCUT2D eigenvalue weighted by Gasteiger charge is 2.45. The molecular formula is C7H10F2NO2. The van der Waals surface area contributed by atoms with Gasteiger partial charge in [0, 0.05) is 13.3 Å². The molecule has 0 N–H and O–H groups in total. The maximum absolute atomic E-state index is 12.7. The predicted octanol–water partition coefficient (Wildman–Crippen LogP) is 0.673. The molecule has 5 heteroatoms. The molecule has 1 fully saturated rings. The third-order valence-corrected chi connectivity index (χ3v) is 1.97. The van der Waals surface area contributed by atoms with Gasteiger partial charge >= 0.3 is 0 Å². The number of likely N-dealkylation sites (tertiary alicyclic amines) is 1. The monoisotopic (exact) mass is 178 g/mol. The lowest BCUT2D eigenvalue weighted by Gasteiger charge is -2.19. The molecule has 1 heterocycles. The molecule has 1 aliphatic heterocycles. The second kappa shape index (κ2) is 2.97. The molecule has 0 spiro atoms. The number of hydrogen-bond acceptors (Lipinski definition) is 1. The second-order valence-corrected chi connectivity index (χ2v) is 3.03. The molecule has 0 bridgehead atoms. The lowest BCUT2D eigenvalue weighted by atomic mass is 10.2. The highest BCUT2D eigenvalue weighted by Crippen LogP contribution is 2.31. The van der Waals surface area contributed by atoms with Crippen LogP contribution in [-0.4, -0.2) is 35.9 Å². The summed E-state index contributed by atoms with van der Waals surface area (Å²) < 4.78 is 25.3. The van der Waals surface area contributed by atoms with Gasteiger partial charge < -0.3 is 4.90 Å². The minimum absolute atomic E-state index is 0.451. The van der Waals surface area contributed by atoms with E-state index in [0.717, 1.165) is 4.90 Å². The molecule has 12 heavy (non-hydrogen) atoms. The third-order valence-electron chi connectivity index (χ3n) is 1.97. The van der Waals surface area contributed by atoms with Gasteiger partial charge in [-0.3, -0.25) is 4.79 Å². The Balaban J connectivity index is 2.69. The molecule has 1 radical (unpaired) electrons. The summed E-state index contributed by atoms with van der Waals surface area (Å²) in [7, 11) is 0. The molecule has 1 aliphatic rings. The van der Waals surface area contributed by atoms with E-state index in [1.54, 1.807) is 0 Å². The van der Waals surface area contributed by atoms with Gasteiger partial charge in [-0.15, -0.1) is 0 Å². The Bertz CT molecular complexity index is 196. The van der Waals surface area contributed by atoms with Gasteiger partial charge in [0.05, 0.1) is 12.6 Å². The normalized spacial score (nSPS) is 27.7. The summed E-state index contributed by atoms with van der Waals surface area (Å²) in [4.78, 5) is 11.7. The molecule has 0 saturated carbocycles. The van der Waals surface area contributed by atoms with Gasteiger partial charge in [-0.2, -0.15) is 0 Å². The van der Waals surface area contributed by atoms with Crippen LogP contribution in [0.4, 0.5) is 8.78 Å². The molecule has 1 amide bonds. The molecule has 0 aromatic rings. The zero-order chi connectivity index (χ0) is 9.35. The maximum Gasteiger partial charge on any atom is 0.267 e. The highest BCUT2D eigenvalue weighted by molar-refractivity contribution is 5.74. The van der Waals surface area contributed by atoms with Crippen molar-refractivity contribution in [3.8, 4) is 0 Å². The molecule has 69 valence electrons. The van der Waals surface area contributed by atoms with Crippen molar-refractivity contribution in [2.24, 2.45) is 0 Å². The van der Waals surface area contributed by atoms with Crippen LogP contribution in [0.2, 0.25) is 0 Å². The summed E-state index contributed by atoms with van der Waals surface area (Å²) in [5.41, 5.74) is 0. The Morgan fingerprint density at radius 3 is 2.58 bits per heavy atom. The lowest BCUT2D eigenvalue weighted by Crippen LogP contribution is -2.36. The molecule has 1 saturated heterocycles. The minimum atomic E-state index is -2.87. The summed E-state index contributed by atoms with van der Waals surface area (Å²) in [6.07, 6.45) is -0.490. The van der Waals surface area contributed by atoms with E-state index in [-0.39, 0.29) is 0 Å². The quantitative estimate of drug-likeness (QED) is 0.581. The van der Waals surface area contributed by atoms with Crippen LogP contribution in [0, 0.1) is 0 Å². The van der Waals surface area contributed by atoms with Gasteiger partial charge in [-0.25, -0.2) is 13.9 Å². The number of carbonyl (C=O) groups excluding carboxylic acids is 1. The largest absolute Gasteiger partial charge is 0.331 e. The van der Waals surface area contributed by atoms with E-state index < -0.39 is 37.4 Å². The number of alkyl halides is 2. The van der Waals surface area contributed by atoms with Crippen molar-refractivity contribution in [1.29, 1.82) is 0 Å². The van der Waals surface area contributed by atoms with Crippen LogP contribution in [0.1, 0.15) is 13.3 Å². The van der Waals surface area contributed by atoms with Gasteiger partial charge in [-0.05, 0) is 0 Å². The molecule has 0 aliphatic carbocycles. The van der Waals surface area contributed by atoms with Gasteiger partial charge in [-0.1, -0.05) is 0 Å². The fraction of sp³-hybridized carbons (Fsp3) is 0.857. The summed E-state index contributed by atoms with van der Waals surface area (Å²) in [5.74, 6) is -3.33. The van der Waals surface area contributed by atoms with Crippen LogP contribution >= 0.6 is 0 Å². The average Bonchev–Trinajstić information content (AvgIpc) is 2.25. The van der Waals surface area contributed by atoms with Gasteiger partial charge in [0.2, 0.25) is 5.91 Å². The number of carbonyl (C=O) groups is 1. The summed E-state index contributed by atoms with van der Waals surface area (Å²) in [6, 6.07) is -0.822. The van der Waals surface area contributed by atoms with Crippen LogP contribution in [0.3, 0.4) is 0 Å². The first-order chi connectivity index (χ1) is 5.46. The first-order valence-electron chi connectivity index (χ1n) is 3.69. The number of hydrogen-bond donors (Lipinski definition) is 0. The SMILES string of the molecule is CC(=O)N1CC(F)(F)CC1C[O]. The van der Waals surface area contributed by atoms with Crippen molar-refractivity contribution in [2.75, 3.05) is 13.2 Å². The van der Waals surface area contributed by atoms with Crippen LogP contribution in [-0.2, 0) is 9.90 Å². The van der Waals surface area contributed by atoms with Crippen molar-refractivity contribution < 1.29 is 18.7 Å². The molecule has 1 rings (SSSR count). The number of halogens is 2. The summed E-state index contributed by atoms with van der Waals surface area (Å²) >= 11 is 0. The minimum Gasteiger partial charge on any atom is -0.331 e. The number of nitrogens with zero attached hydrogens (tertiary/aromatic N) is 1. The van der Waals surface area contributed by atoms with E-state index >= 15 is 0 Å². The van der Waals surface area contributed by atoms with Crippen LogP contribution < -0.4 is 0 Å². The Kier molecular flexibility index (Phi) is 2.32. The molecule has 1 unspecified atom stereocenters. The Labute approximate surface area is 69.0 Å². The van der Waals surface area contributed by atoms with E-state index in [9.17, 15) is 18.7 Å². The van der Waals surface area contributed by atoms with Crippen LogP contribution in [0.15, 0.2) is 0 Å². The second-order valence-electron chi connectivity index (χ2n) is 3.03. The molecule has 3 nitrogen and oxygen atoms in total. The Hall–Kier alpha value is -0.710. The van der Waals surface area contributed by atoms with E-state index in [2.05, 4.69) is 0 Å². The topological polar surface area (TPSA) is 40.2 Å². The fourth-order valence-electron chi connectivity index (χ4n) is 1.42. The van der Waals surface area contributed by atoms with Crippen molar-refractivity contribution in [1.82, 2.24) is 4.90 Å². The fourth-order valence-corrected chi connectivity index (χ4v) is 1.42. The smallest absolute Gasteiger partial charge is 0.267 e. The molecule has 0 aromatic heterocycles. The first-order valence-corrected chi connectivity index (χ1v) is 3.69. The standard InChI is InChI=1S/C7H10F2NO2/c1-5(12)10-4-7(8,9)2-6(10)3-11/h6H,2-4H2,1H3. The zero-order valence-electron chi connectivity index (χ0n) is 6.72. The van der Waals surface area contributed by atoms with E-state index in [4.69, 9.17) is 0 Å². The number of amides is 1.